The summed E-state index contributed by atoms with van der Waals surface area (Å²) in [5.41, 5.74) is 0.731. The fraction of sp³-hybridized carbons (Fsp3) is 0.0909. The van der Waals surface area contributed by atoms with E-state index < -0.39 is 0 Å². The Hall–Kier alpha value is -2.10. The Morgan fingerprint density at radius 2 is 1.73 bits per heavy atom. The molecule has 0 aliphatic carbocycles. The minimum Gasteiger partial charge on any atom is -0.290 e. The lowest BCUT2D eigenvalue weighted by Gasteiger charge is -1.98. The molecule has 0 saturated carbocycles. The predicted octanol–water partition coefficient (Wildman–Crippen LogP) is 1.30. The van der Waals surface area contributed by atoms with Gasteiger partial charge >= 0.3 is 0 Å². The maximum absolute atomic E-state index is 11.6. The van der Waals surface area contributed by atoms with Crippen molar-refractivity contribution in [2.45, 2.75) is 6.42 Å². The van der Waals surface area contributed by atoms with Crippen molar-refractivity contribution in [1.82, 2.24) is 15.0 Å². The van der Waals surface area contributed by atoms with E-state index in [-0.39, 0.29) is 18.0 Å². The van der Waals surface area contributed by atoms with Crippen LogP contribution in [0.25, 0.3) is 0 Å². The first-order chi connectivity index (χ1) is 7.36. The van der Waals surface area contributed by atoms with Gasteiger partial charge in [-0.05, 0) is 18.2 Å². The fourth-order valence-corrected chi connectivity index (χ4v) is 1.19. The molecular formula is C11H9N3O. The molecule has 0 aliphatic rings. The second-order valence-electron chi connectivity index (χ2n) is 2.99. The van der Waals surface area contributed by atoms with Crippen LogP contribution in [0, 0.1) is 0 Å². The first-order valence-electron chi connectivity index (χ1n) is 4.56. The first kappa shape index (κ1) is 9.45. The summed E-state index contributed by atoms with van der Waals surface area (Å²) in [6.07, 6.45) is 5.01. The Labute approximate surface area is 87.0 Å². The summed E-state index contributed by atoms with van der Waals surface area (Å²) >= 11 is 0. The molecule has 2 aromatic rings. The number of hydrogen-bond donors (Lipinski definition) is 0. The van der Waals surface area contributed by atoms with Gasteiger partial charge in [-0.25, -0.2) is 9.97 Å². The van der Waals surface area contributed by atoms with Crippen LogP contribution in [-0.2, 0) is 6.42 Å². The Bertz CT molecular complexity index is 442. The van der Waals surface area contributed by atoms with Crippen molar-refractivity contribution in [3.63, 3.8) is 0 Å². The van der Waals surface area contributed by atoms with Gasteiger partial charge in [0, 0.05) is 24.3 Å². The van der Waals surface area contributed by atoms with E-state index in [9.17, 15) is 4.79 Å². The molecule has 0 spiro atoms. The van der Waals surface area contributed by atoms with Crippen molar-refractivity contribution >= 4 is 5.78 Å². The highest BCUT2D eigenvalue weighted by atomic mass is 16.1. The lowest BCUT2D eigenvalue weighted by atomic mass is 10.2. The third-order valence-corrected chi connectivity index (χ3v) is 1.88. The van der Waals surface area contributed by atoms with E-state index in [2.05, 4.69) is 15.0 Å². The molecule has 0 aromatic carbocycles. The number of carbonyl (C=O) groups excluding carboxylic acids is 1. The van der Waals surface area contributed by atoms with Crippen molar-refractivity contribution < 1.29 is 4.79 Å². The highest BCUT2D eigenvalue weighted by Gasteiger charge is 2.09. The third-order valence-electron chi connectivity index (χ3n) is 1.88. The molecule has 74 valence electrons. The van der Waals surface area contributed by atoms with Crippen molar-refractivity contribution in [2.24, 2.45) is 0 Å². The first-order valence-corrected chi connectivity index (χ1v) is 4.56. The van der Waals surface area contributed by atoms with Crippen molar-refractivity contribution in [2.75, 3.05) is 0 Å². The van der Waals surface area contributed by atoms with Gasteiger partial charge in [0.05, 0.1) is 6.42 Å². The van der Waals surface area contributed by atoms with Crippen LogP contribution >= 0.6 is 0 Å². The van der Waals surface area contributed by atoms with Gasteiger partial charge in [0.25, 0.3) is 0 Å². The zero-order chi connectivity index (χ0) is 10.5. The monoisotopic (exact) mass is 199 g/mol. The molecule has 2 aromatic heterocycles. The number of hydrogen-bond acceptors (Lipinski definition) is 4. The minimum absolute atomic E-state index is 0.116. The Balaban J connectivity index is 2.12. The normalized spacial score (nSPS) is 9.87. The summed E-state index contributed by atoms with van der Waals surface area (Å²) in [6.45, 7) is 0. The molecule has 2 rings (SSSR count). The zero-order valence-electron chi connectivity index (χ0n) is 8.00. The van der Waals surface area contributed by atoms with Gasteiger partial charge in [0.2, 0.25) is 5.78 Å². The van der Waals surface area contributed by atoms with E-state index >= 15 is 0 Å². The molecule has 15 heavy (non-hydrogen) atoms. The average molecular weight is 199 g/mol. The van der Waals surface area contributed by atoms with E-state index in [1.807, 2.05) is 12.1 Å². The summed E-state index contributed by atoms with van der Waals surface area (Å²) < 4.78 is 0. The van der Waals surface area contributed by atoms with Gasteiger partial charge in [0.1, 0.15) is 0 Å². The van der Waals surface area contributed by atoms with Crippen LogP contribution in [0.15, 0.2) is 42.9 Å². The number of ketones is 1. The van der Waals surface area contributed by atoms with Gasteiger partial charge in [-0.2, -0.15) is 0 Å². The largest absolute Gasteiger partial charge is 0.290 e. The number of nitrogens with zero attached hydrogens (tertiary/aromatic N) is 3. The van der Waals surface area contributed by atoms with E-state index in [0.29, 0.717) is 0 Å². The number of rotatable bonds is 3. The SMILES string of the molecule is O=C(Cc1ccccn1)c1ncccn1. The summed E-state index contributed by atoms with van der Waals surface area (Å²) in [7, 11) is 0. The standard InChI is InChI=1S/C11H9N3O/c15-10(11-13-6-3-7-14-11)8-9-4-1-2-5-12-9/h1-7H,8H2. The van der Waals surface area contributed by atoms with Gasteiger partial charge in [-0.15, -0.1) is 0 Å². The number of carbonyl (C=O) groups is 1. The van der Waals surface area contributed by atoms with Gasteiger partial charge in [0.15, 0.2) is 5.82 Å². The number of Topliss-reactive ketones (excluding diaryl/α,β-unsaturated/α-hetero) is 1. The maximum Gasteiger partial charge on any atom is 0.205 e. The van der Waals surface area contributed by atoms with Crippen LogP contribution in [0.2, 0.25) is 0 Å². The molecule has 0 saturated heterocycles. The number of pyridine rings is 1. The molecular weight excluding hydrogens is 190 g/mol. The third kappa shape index (κ3) is 2.43. The molecule has 4 heteroatoms. The summed E-state index contributed by atoms with van der Waals surface area (Å²) in [6, 6.07) is 7.15. The van der Waals surface area contributed by atoms with Crippen molar-refractivity contribution in [3.05, 3.63) is 54.4 Å². The minimum atomic E-state index is -0.116. The van der Waals surface area contributed by atoms with Crippen LogP contribution in [-0.4, -0.2) is 20.7 Å². The lowest BCUT2D eigenvalue weighted by Crippen LogP contribution is -2.08. The van der Waals surface area contributed by atoms with E-state index in [1.165, 1.54) is 0 Å². The average Bonchev–Trinajstić information content (AvgIpc) is 2.31. The van der Waals surface area contributed by atoms with Gasteiger partial charge in [-0.3, -0.25) is 9.78 Å². The highest BCUT2D eigenvalue weighted by Crippen LogP contribution is 1.99. The van der Waals surface area contributed by atoms with E-state index in [0.717, 1.165) is 5.69 Å². The Morgan fingerprint density at radius 3 is 2.40 bits per heavy atom. The molecule has 0 aliphatic heterocycles. The zero-order valence-corrected chi connectivity index (χ0v) is 8.00. The lowest BCUT2D eigenvalue weighted by molar-refractivity contribution is 0.0982. The quantitative estimate of drug-likeness (QED) is 0.699. The topological polar surface area (TPSA) is 55.7 Å². The van der Waals surface area contributed by atoms with E-state index in [1.54, 1.807) is 30.7 Å². The Morgan fingerprint density at radius 1 is 1.00 bits per heavy atom. The predicted molar refractivity (Wildman–Crippen MR) is 54.3 cm³/mol. The molecule has 4 nitrogen and oxygen atoms in total. The molecule has 2 heterocycles. The maximum atomic E-state index is 11.6. The fourth-order valence-electron chi connectivity index (χ4n) is 1.19. The number of aromatic nitrogens is 3. The molecule has 0 N–H and O–H groups in total. The van der Waals surface area contributed by atoms with Crippen LogP contribution in [0.3, 0.4) is 0 Å². The highest BCUT2D eigenvalue weighted by molar-refractivity contribution is 5.93. The Kier molecular flexibility index (Phi) is 2.78. The summed E-state index contributed by atoms with van der Waals surface area (Å²) in [5, 5.41) is 0. The van der Waals surface area contributed by atoms with Crippen LogP contribution in [0.1, 0.15) is 16.3 Å². The second kappa shape index (κ2) is 4.41. The summed E-state index contributed by atoms with van der Waals surface area (Å²) in [4.78, 5) is 23.5. The van der Waals surface area contributed by atoms with Crippen molar-refractivity contribution in [3.8, 4) is 0 Å². The molecule has 0 amide bonds. The van der Waals surface area contributed by atoms with Crippen LogP contribution < -0.4 is 0 Å². The van der Waals surface area contributed by atoms with Crippen LogP contribution in [0.5, 0.6) is 0 Å². The van der Waals surface area contributed by atoms with Crippen LogP contribution in [0.4, 0.5) is 0 Å². The molecule has 0 radical (unpaired) electrons. The summed E-state index contributed by atoms with van der Waals surface area (Å²) in [5.74, 6) is 0.123. The van der Waals surface area contributed by atoms with Crippen molar-refractivity contribution in [1.29, 1.82) is 0 Å². The molecule has 0 atom stereocenters. The molecule has 0 unspecified atom stereocenters. The second-order valence-corrected chi connectivity index (χ2v) is 2.99. The molecule has 0 bridgehead atoms. The van der Waals surface area contributed by atoms with Gasteiger partial charge < -0.3 is 0 Å². The van der Waals surface area contributed by atoms with E-state index in [4.69, 9.17) is 0 Å². The van der Waals surface area contributed by atoms with Gasteiger partial charge in [-0.1, -0.05) is 6.07 Å². The molecule has 0 fully saturated rings. The smallest absolute Gasteiger partial charge is 0.205 e.